The van der Waals surface area contributed by atoms with Gasteiger partial charge in [0.1, 0.15) is 5.75 Å². The first-order valence-corrected chi connectivity index (χ1v) is 5.52. The van der Waals surface area contributed by atoms with Crippen molar-refractivity contribution in [2.24, 2.45) is 0 Å². The van der Waals surface area contributed by atoms with Crippen LogP contribution in [-0.4, -0.2) is 20.3 Å². The summed E-state index contributed by atoms with van der Waals surface area (Å²) < 4.78 is 0.368. The van der Waals surface area contributed by atoms with Gasteiger partial charge in [0.2, 0.25) is 4.77 Å². The number of aromatic hydroxyl groups is 1. The molecule has 0 atom stereocenters. The Labute approximate surface area is 102 Å². The van der Waals surface area contributed by atoms with Crippen LogP contribution in [0.15, 0.2) is 36.4 Å². The van der Waals surface area contributed by atoms with E-state index in [4.69, 9.17) is 12.2 Å². The Bertz CT molecular complexity index is 745. The highest BCUT2D eigenvalue weighted by Gasteiger charge is 2.08. The standard InChI is InChI=1S/C12H9N3OS/c16-10-6-8-4-2-1-3-7(8)5-9(10)11-13-12(17)15-14-11/h1-6,16H,(H2,13,14,15,17). The predicted molar refractivity (Wildman–Crippen MR) is 68.4 cm³/mol. The molecule has 3 N–H and O–H groups in total. The molecule has 0 aliphatic heterocycles. The zero-order chi connectivity index (χ0) is 11.8. The number of H-pyrrole nitrogens is 2. The molecule has 0 saturated carbocycles. The molecule has 0 aliphatic rings. The van der Waals surface area contributed by atoms with Crippen molar-refractivity contribution < 1.29 is 5.11 Å². The third-order valence-corrected chi connectivity index (χ3v) is 2.81. The average Bonchev–Trinajstić information content (AvgIpc) is 2.75. The third-order valence-electron chi connectivity index (χ3n) is 2.62. The summed E-state index contributed by atoms with van der Waals surface area (Å²) >= 11 is 4.89. The van der Waals surface area contributed by atoms with Crippen molar-refractivity contribution in [2.75, 3.05) is 0 Å². The Morgan fingerprint density at radius 2 is 1.76 bits per heavy atom. The van der Waals surface area contributed by atoms with Crippen LogP contribution in [-0.2, 0) is 0 Å². The predicted octanol–water partition coefficient (Wildman–Crippen LogP) is 2.99. The maximum atomic E-state index is 9.96. The second kappa shape index (κ2) is 3.71. The summed E-state index contributed by atoms with van der Waals surface area (Å²) in [6.45, 7) is 0. The molecule has 0 bridgehead atoms. The quantitative estimate of drug-likeness (QED) is 0.576. The van der Waals surface area contributed by atoms with Gasteiger partial charge in [0.15, 0.2) is 5.82 Å². The van der Waals surface area contributed by atoms with Crippen LogP contribution in [0.4, 0.5) is 0 Å². The van der Waals surface area contributed by atoms with Crippen LogP contribution in [0.2, 0.25) is 0 Å². The first-order chi connectivity index (χ1) is 8.24. The third kappa shape index (κ3) is 1.70. The van der Waals surface area contributed by atoms with Gasteiger partial charge in [0.05, 0.1) is 5.56 Å². The van der Waals surface area contributed by atoms with Gasteiger partial charge in [0, 0.05) is 0 Å². The number of rotatable bonds is 1. The minimum Gasteiger partial charge on any atom is -0.507 e. The summed E-state index contributed by atoms with van der Waals surface area (Å²) in [4.78, 5) is 4.09. The van der Waals surface area contributed by atoms with Crippen LogP contribution in [0.3, 0.4) is 0 Å². The lowest BCUT2D eigenvalue weighted by molar-refractivity contribution is 0.477. The lowest BCUT2D eigenvalue weighted by Gasteiger charge is -2.04. The molecule has 0 unspecified atom stereocenters. The Morgan fingerprint density at radius 3 is 2.41 bits per heavy atom. The highest BCUT2D eigenvalue weighted by molar-refractivity contribution is 7.71. The normalized spacial score (nSPS) is 10.8. The van der Waals surface area contributed by atoms with E-state index in [1.165, 1.54) is 0 Å². The minimum atomic E-state index is 0.182. The summed E-state index contributed by atoms with van der Waals surface area (Å²) in [7, 11) is 0. The van der Waals surface area contributed by atoms with E-state index >= 15 is 0 Å². The van der Waals surface area contributed by atoms with E-state index in [9.17, 15) is 5.11 Å². The second-order valence-corrected chi connectivity index (χ2v) is 4.12. The van der Waals surface area contributed by atoms with E-state index in [1.54, 1.807) is 6.07 Å². The van der Waals surface area contributed by atoms with Gasteiger partial charge >= 0.3 is 0 Å². The smallest absolute Gasteiger partial charge is 0.213 e. The fraction of sp³-hybridized carbons (Fsp3) is 0. The lowest BCUT2D eigenvalue weighted by atomic mass is 10.1. The van der Waals surface area contributed by atoms with E-state index in [2.05, 4.69) is 15.2 Å². The van der Waals surface area contributed by atoms with E-state index in [-0.39, 0.29) is 5.75 Å². The molecule has 5 heteroatoms. The van der Waals surface area contributed by atoms with Crippen LogP contribution < -0.4 is 0 Å². The first kappa shape index (κ1) is 10.0. The number of phenols is 1. The molecule has 2 aromatic carbocycles. The number of hydrogen-bond donors (Lipinski definition) is 3. The number of nitrogens with one attached hydrogen (secondary N) is 2. The molecule has 0 fully saturated rings. The number of aromatic amines is 2. The van der Waals surface area contributed by atoms with Crippen molar-refractivity contribution in [3.05, 3.63) is 41.2 Å². The molecule has 4 nitrogen and oxygen atoms in total. The van der Waals surface area contributed by atoms with Crippen LogP contribution in [0.25, 0.3) is 22.2 Å². The van der Waals surface area contributed by atoms with Gasteiger partial charge in [-0.25, -0.2) is 0 Å². The fourth-order valence-corrected chi connectivity index (χ4v) is 1.96. The van der Waals surface area contributed by atoms with Gasteiger partial charge in [-0.3, -0.25) is 10.2 Å². The number of aromatic nitrogens is 3. The van der Waals surface area contributed by atoms with E-state index < -0.39 is 0 Å². The summed E-state index contributed by atoms with van der Waals surface area (Å²) in [6, 6.07) is 11.4. The number of phenolic OH excluding ortho intramolecular Hbond substituents is 1. The van der Waals surface area contributed by atoms with Gasteiger partial charge in [-0.05, 0) is 35.1 Å². The molecule has 3 rings (SSSR count). The van der Waals surface area contributed by atoms with Gasteiger partial charge in [-0.1, -0.05) is 24.3 Å². The van der Waals surface area contributed by atoms with E-state index in [0.717, 1.165) is 10.8 Å². The summed E-state index contributed by atoms with van der Waals surface area (Å²) in [5.41, 5.74) is 0.635. The SMILES string of the molecule is Oc1cc2ccccc2cc1-c1nc(=S)[nH][nH]1. The maximum absolute atomic E-state index is 9.96. The Morgan fingerprint density at radius 1 is 1.06 bits per heavy atom. The highest BCUT2D eigenvalue weighted by Crippen LogP contribution is 2.30. The summed E-state index contributed by atoms with van der Waals surface area (Å²) in [5.74, 6) is 0.722. The molecular weight excluding hydrogens is 234 g/mol. The second-order valence-electron chi connectivity index (χ2n) is 3.73. The van der Waals surface area contributed by atoms with Crippen molar-refractivity contribution in [1.82, 2.24) is 15.2 Å². The molecule has 17 heavy (non-hydrogen) atoms. The maximum Gasteiger partial charge on any atom is 0.213 e. The monoisotopic (exact) mass is 243 g/mol. The van der Waals surface area contributed by atoms with E-state index in [1.807, 2.05) is 30.3 Å². The van der Waals surface area contributed by atoms with Crippen LogP contribution in [0.1, 0.15) is 0 Å². The topological polar surface area (TPSA) is 64.7 Å². The van der Waals surface area contributed by atoms with Gasteiger partial charge in [-0.2, -0.15) is 4.98 Å². The number of nitrogens with zero attached hydrogens (tertiary/aromatic N) is 1. The Kier molecular flexibility index (Phi) is 2.19. The zero-order valence-electron chi connectivity index (χ0n) is 8.77. The molecule has 3 aromatic rings. The first-order valence-electron chi connectivity index (χ1n) is 5.11. The number of benzene rings is 2. The van der Waals surface area contributed by atoms with Crippen LogP contribution in [0.5, 0.6) is 5.75 Å². The van der Waals surface area contributed by atoms with E-state index in [0.29, 0.717) is 16.2 Å². The van der Waals surface area contributed by atoms with Crippen molar-refractivity contribution >= 4 is 23.0 Å². The molecule has 84 valence electrons. The molecule has 1 heterocycles. The molecule has 0 spiro atoms. The molecule has 0 radical (unpaired) electrons. The highest BCUT2D eigenvalue weighted by atomic mass is 32.1. The van der Waals surface area contributed by atoms with Crippen LogP contribution in [0, 0.1) is 4.77 Å². The molecule has 0 amide bonds. The van der Waals surface area contributed by atoms with Crippen molar-refractivity contribution in [3.63, 3.8) is 0 Å². The number of hydrogen-bond acceptors (Lipinski definition) is 3. The Balaban J connectivity index is 2.29. The summed E-state index contributed by atoms with van der Waals surface area (Å²) in [6.07, 6.45) is 0. The van der Waals surface area contributed by atoms with Crippen molar-refractivity contribution in [1.29, 1.82) is 0 Å². The van der Waals surface area contributed by atoms with Gasteiger partial charge in [0.25, 0.3) is 0 Å². The van der Waals surface area contributed by atoms with Gasteiger partial charge in [-0.15, -0.1) is 0 Å². The summed E-state index contributed by atoms with van der Waals surface area (Å²) in [5, 5.41) is 17.5. The average molecular weight is 243 g/mol. The fourth-order valence-electron chi connectivity index (χ4n) is 1.82. The molecule has 0 aliphatic carbocycles. The van der Waals surface area contributed by atoms with Crippen LogP contribution >= 0.6 is 12.2 Å². The van der Waals surface area contributed by atoms with Crippen molar-refractivity contribution in [2.45, 2.75) is 0 Å². The zero-order valence-corrected chi connectivity index (χ0v) is 9.58. The largest absolute Gasteiger partial charge is 0.507 e. The Hall–Kier alpha value is -2.14. The number of fused-ring (bicyclic) bond motifs is 1. The van der Waals surface area contributed by atoms with Gasteiger partial charge < -0.3 is 5.11 Å². The lowest BCUT2D eigenvalue weighted by Crippen LogP contribution is -1.83. The molecule has 1 aromatic heterocycles. The van der Waals surface area contributed by atoms with Crippen molar-refractivity contribution in [3.8, 4) is 17.1 Å². The molecule has 0 saturated heterocycles. The minimum absolute atomic E-state index is 0.182. The molecular formula is C12H9N3OS.